The number of amides is 3. The summed E-state index contributed by atoms with van der Waals surface area (Å²) >= 11 is 0. The van der Waals surface area contributed by atoms with E-state index in [0.29, 0.717) is 30.0 Å². The second-order valence-corrected chi connectivity index (χ2v) is 11.2. The van der Waals surface area contributed by atoms with Crippen LogP contribution in [0.15, 0.2) is 35.5 Å². The Bertz CT molecular complexity index is 1160. The van der Waals surface area contributed by atoms with Crippen molar-refractivity contribution < 1.29 is 9.59 Å². The fourth-order valence-electron chi connectivity index (χ4n) is 6.52. The summed E-state index contributed by atoms with van der Waals surface area (Å²) in [4.78, 5) is 41.3. The minimum Gasteiger partial charge on any atom is -0.369 e. The third-order valence-electron chi connectivity index (χ3n) is 8.50. The van der Waals surface area contributed by atoms with E-state index in [9.17, 15) is 9.59 Å². The van der Waals surface area contributed by atoms with E-state index in [-0.39, 0.29) is 18.0 Å². The van der Waals surface area contributed by atoms with Crippen molar-refractivity contribution in [1.29, 1.82) is 0 Å². The zero-order chi connectivity index (χ0) is 25.8. The number of aliphatic imine (C=N–C) groups is 1. The van der Waals surface area contributed by atoms with E-state index >= 15 is 0 Å². The van der Waals surface area contributed by atoms with Crippen LogP contribution in [0.1, 0.15) is 77.0 Å². The van der Waals surface area contributed by atoms with E-state index in [0.717, 1.165) is 49.6 Å². The van der Waals surface area contributed by atoms with Crippen molar-refractivity contribution in [1.82, 2.24) is 20.2 Å². The third kappa shape index (κ3) is 5.86. The van der Waals surface area contributed by atoms with Gasteiger partial charge in [-0.3, -0.25) is 20.0 Å². The van der Waals surface area contributed by atoms with Crippen molar-refractivity contribution >= 4 is 34.7 Å². The van der Waals surface area contributed by atoms with Crippen molar-refractivity contribution in [2.24, 2.45) is 22.6 Å². The number of benzene rings is 1. The van der Waals surface area contributed by atoms with Gasteiger partial charge in [-0.2, -0.15) is 0 Å². The molecule has 3 amide bonds. The molecule has 4 N–H and O–H groups in total. The molecule has 37 heavy (non-hydrogen) atoms. The smallest absolute Gasteiger partial charge is 0.320 e. The summed E-state index contributed by atoms with van der Waals surface area (Å²) in [7, 11) is 1.73. The summed E-state index contributed by atoms with van der Waals surface area (Å²) in [6, 6.07) is 7.33. The molecule has 9 heteroatoms. The van der Waals surface area contributed by atoms with Gasteiger partial charge in [0.05, 0.1) is 17.2 Å². The van der Waals surface area contributed by atoms with Crippen LogP contribution in [0, 0.1) is 11.8 Å². The molecular weight excluding hydrogens is 466 g/mol. The Hall–Kier alpha value is -3.23. The van der Waals surface area contributed by atoms with Crippen LogP contribution >= 0.6 is 0 Å². The number of fused-ring (bicyclic) bond motifs is 1. The molecule has 5 rings (SSSR count). The van der Waals surface area contributed by atoms with Crippen LogP contribution in [-0.4, -0.2) is 51.4 Å². The van der Waals surface area contributed by atoms with E-state index in [1.807, 2.05) is 24.3 Å². The summed E-state index contributed by atoms with van der Waals surface area (Å²) in [5.41, 5.74) is 6.91. The molecule has 2 aromatic rings. The number of anilines is 1. The number of nitrogens with two attached hydrogens (primary N) is 1. The monoisotopic (exact) mass is 505 g/mol. The Morgan fingerprint density at radius 3 is 2.59 bits per heavy atom. The van der Waals surface area contributed by atoms with Gasteiger partial charge in [0.15, 0.2) is 11.8 Å². The van der Waals surface area contributed by atoms with E-state index in [1.54, 1.807) is 13.2 Å². The Kier molecular flexibility index (Phi) is 7.58. The van der Waals surface area contributed by atoms with Gasteiger partial charge in [0.2, 0.25) is 0 Å². The number of urea groups is 1. The zero-order valence-electron chi connectivity index (χ0n) is 21.8. The number of nitrogens with zero attached hydrogens (tertiary/aromatic N) is 4. The summed E-state index contributed by atoms with van der Waals surface area (Å²) in [6.07, 6.45) is 14.3. The number of carbonyl (C=O) groups excluding carboxylic acids is 2. The van der Waals surface area contributed by atoms with Gasteiger partial charge in [-0.05, 0) is 56.1 Å². The average Bonchev–Trinajstić information content (AvgIpc) is 3.11. The summed E-state index contributed by atoms with van der Waals surface area (Å²) in [6.45, 7) is 0. The molecule has 198 valence electrons. The maximum Gasteiger partial charge on any atom is 0.320 e. The van der Waals surface area contributed by atoms with Gasteiger partial charge in [0, 0.05) is 13.1 Å². The first-order chi connectivity index (χ1) is 17.9. The Labute approximate surface area is 218 Å². The highest BCUT2D eigenvalue weighted by molar-refractivity contribution is 6.06. The van der Waals surface area contributed by atoms with Crippen LogP contribution in [0.2, 0.25) is 0 Å². The number of hydrogen-bond donors (Lipinski definition) is 3. The van der Waals surface area contributed by atoms with Crippen LogP contribution in [-0.2, 0) is 4.79 Å². The van der Waals surface area contributed by atoms with Crippen LogP contribution < -0.4 is 16.4 Å². The van der Waals surface area contributed by atoms with E-state index < -0.39 is 5.54 Å². The SMILES string of the molecule is CN1C(=O)[C@@](CCC2CCCCC2)(C[C@H]2CCC[C@@H](NC(=O)Nc3cnc4ccccc4n3)C2)N=C1N. The first-order valence-electron chi connectivity index (χ1n) is 13.8. The number of carbonyl (C=O) groups is 2. The van der Waals surface area contributed by atoms with E-state index in [4.69, 9.17) is 10.7 Å². The Morgan fingerprint density at radius 1 is 1.08 bits per heavy atom. The number of para-hydroxylation sites is 2. The van der Waals surface area contributed by atoms with Crippen molar-refractivity contribution in [2.45, 2.75) is 88.6 Å². The number of guanidine groups is 1. The molecule has 0 unspecified atom stereocenters. The molecule has 0 saturated heterocycles. The number of aromatic nitrogens is 2. The lowest BCUT2D eigenvalue weighted by Crippen LogP contribution is -2.45. The van der Waals surface area contributed by atoms with Gasteiger partial charge < -0.3 is 11.1 Å². The summed E-state index contributed by atoms with van der Waals surface area (Å²) in [5.74, 6) is 1.77. The standard InChI is InChI=1S/C28H39N7O2/c1-35-25(36)28(34-26(35)29,15-14-19-8-3-2-4-9-19)17-20-10-7-11-21(16-20)31-27(37)33-24-18-30-22-12-5-6-13-23(22)32-24/h5-6,12-13,18-21H,2-4,7-11,14-17H2,1H3,(H2,29,34)(H2,31,32,33,37)/t20-,21+,28+/m0/s1. The second-order valence-electron chi connectivity index (χ2n) is 11.2. The van der Waals surface area contributed by atoms with Crippen LogP contribution in [0.5, 0.6) is 0 Å². The lowest BCUT2D eigenvalue weighted by Gasteiger charge is -2.35. The van der Waals surface area contributed by atoms with E-state index in [2.05, 4.69) is 20.6 Å². The minimum absolute atomic E-state index is 0.0310. The highest BCUT2D eigenvalue weighted by Crippen LogP contribution is 2.40. The quantitative estimate of drug-likeness (QED) is 0.508. The normalized spacial score (nSPS) is 26.8. The van der Waals surface area contributed by atoms with Gasteiger partial charge in [-0.1, -0.05) is 57.1 Å². The van der Waals surface area contributed by atoms with Crippen molar-refractivity contribution in [2.75, 3.05) is 12.4 Å². The van der Waals surface area contributed by atoms with E-state index in [1.165, 1.54) is 37.0 Å². The predicted octanol–water partition coefficient (Wildman–Crippen LogP) is 4.59. The van der Waals surface area contributed by atoms with Crippen LogP contribution in [0.25, 0.3) is 11.0 Å². The first kappa shape index (κ1) is 25.4. The maximum atomic E-state index is 13.4. The predicted molar refractivity (Wildman–Crippen MR) is 145 cm³/mol. The van der Waals surface area contributed by atoms with Crippen molar-refractivity contribution in [3.8, 4) is 0 Å². The summed E-state index contributed by atoms with van der Waals surface area (Å²) < 4.78 is 0. The van der Waals surface area contributed by atoms with Crippen molar-refractivity contribution in [3.05, 3.63) is 30.5 Å². The first-order valence-corrected chi connectivity index (χ1v) is 13.8. The molecule has 2 heterocycles. The number of nitrogens with one attached hydrogen (secondary N) is 2. The number of rotatable bonds is 7. The van der Waals surface area contributed by atoms with Crippen LogP contribution in [0.4, 0.5) is 10.6 Å². The molecule has 1 aromatic heterocycles. The molecule has 0 radical (unpaired) electrons. The number of hydrogen-bond acceptors (Lipinski definition) is 6. The van der Waals surface area contributed by atoms with Gasteiger partial charge in [0.25, 0.3) is 5.91 Å². The second kappa shape index (κ2) is 11.0. The zero-order valence-corrected chi connectivity index (χ0v) is 21.8. The number of likely N-dealkylation sites (N-methyl/N-ethyl adjacent to an activating group) is 1. The lowest BCUT2D eigenvalue weighted by molar-refractivity contribution is -0.131. The Balaban J connectivity index is 1.20. The fraction of sp³-hybridized carbons (Fsp3) is 0.607. The molecule has 1 aliphatic heterocycles. The molecule has 0 spiro atoms. The van der Waals surface area contributed by atoms with Gasteiger partial charge in [-0.25, -0.2) is 14.8 Å². The highest BCUT2D eigenvalue weighted by atomic mass is 16.2. The fourth-order valence-corrected chi connectivity index (χ4v) is 6.52. The molecule has 1 aromatic carbocycles. The molecule has 0 bridgehead atoms. The molecule has 3 aliphatic rings. The van der Waals surface area contributed by atoms with Crippen molar-refractivity contribution in [3.63, 3.8) is 0 Å². The van der Waals surface area contributed by atoms with Gasteiger partial charge >= 0.3 is 6.03 Å². The molecular formula is C28H39N7O2. The molecule has 2 aliphatic carbocycles. The minimum atomic E-state index is -0.758. The van der Waals surface area contributed by atoms with Crippen LogP contribution in [0.3, 0.4) is 0 Å². The largest absolute Gasteiger partial charge is 0.369 e. The average molecular weight is 506 g/mol. The highest BCUT2D eigenvalue weighted by Gasteiger charge is 2.48. The molecule has 9 nitrogen and oxygen atoms in total. The molecule has 2 saturated carbocycles. The molecule has 2 fully saturated rings. The Morgan fingerprint density at radius 2 is 1.84 bits per heavy atom. The molecule has 3 atom stereocenters. The van der Waals surface area contributed by atoms with Gasteiger partial charge in [0.1, 0.15) is 5.54 Å². The maximum absolute atomic E-state index is 13.4. The summed E-state index contributed by atoms with van der Waals surface area (Å²) in [5, 5.41) is 5.95. The lowest BCUT2D eigenvalue weighted by atomic mass is 9.74. The topological polar surface area (TPSA) is 126 Å². The third-order valence-corrected chi connectivity index (χ3v) is 8.50. The van der Waals surface area contributed by atoms with Gasteiger partial charge in [-0.15, -0.1) is 0 Å².